The largest absolute Gasteiger partial charge is 0.444 e. The van der Waals surface area contributed by atoms with Gasteiger partial charge in [-0.1, -0.05) is 30.3 Å². The van der Waals surface area contributed by atoms with Crippen molar-refractivity contribution in [2.45, 2.75) is 52.0 Å². The van der Waals surface area contributed by atoms with E-state index in [1.807, 2.05) is 6.07 Å². The fourth-order valence-corrected chi connectivity index (χ4v) is 2.45. The van der Waals surface area contributed by atoms with Crippen molar-refractivity contribution in [1.82, 2.24) is 4.90 Å². The highest BCUT2D eigenvalue weighted by atomic mass is 16.6. The average molecular weight is 305 g/mol. The van der Waals surface area contributed by atoms with Crippen LogP contribution in [-0.2, 0) is 9.47 Å². The maximum atomic E-state index is 12.7. The summed E-state index contributed by atoms with van der Waals surface area (Å²) in [4.78, 5) is 26.6. The molecule has 0 saturated carbocycles. The number of benzene rings is 1. The van der Waals surface area contributed by atoms with Gasteiger partial charge in [-0.3, -0.25) is 9.69 Å². The SMILES string of the molecule is CC(C)(C)OC(=O)N1[C@@H](C(=O)c2ccccc2)COC1(C)C. The van der Waals surface area contributed by atoms with Crippen LogP contribution in [0.5, 0.6) is 0 Å². The molecule has 2 rings (SSSR count). The lowest BCUT2D eigenvalue weighted by molar-refractivity contribution is -0.0615. The molecule has 5 nitrogen and oxygen atoms in total. The minimum atomic E-state index is -0.878. The predicted octanol–water partition coefficient (Wildman–Crippen LogP) is 3.24. The third kappa shape index (κ3) is 3.47. The number of nitrogens with zero attached hydrogens (tertiary/aromatic N) is 1. The summed E-state index contributed by atoms with van der Waals surface area (Å²) < 4.78 is 11.1. The Labute approximate surface area is 131 Å². The molecular formula is C17H23NO4. The summed E-state index contributed by atoms with van der Waals surface area (Å²) in [7, 11) is 0. The van der Waals surface area contributed by atoms with Gasteiger partial charge in [0.15, 0.2) is 5.78 Å². The van der Waals surface area contributed by atoms with E-state index >= 15 is 0 Å². The van der Waals surface area contributed by atoms with Crippen LogP contribution in [-0.4, -0.2) is 40.8 Å². The standard InChI is InChI=1S/C17H23NO4/c1-16(2,3)22-15(20)18-13(11-21-17(18,4)5)14(19)12-9-7-6-8-10-12/h6-10,13H,11H2,1-5H3/t13-/m1/s1. The van der Waals surface area contributed by atoms with Crippen LogP contribution in [0.4, 0.5) is 4.79 Å². The number of Topliss-reactive ketones (excluding diaryl/α,β-unsaturated/α-hetero) is 1. The van der Waals surface area contributed by atoms with Gasteiger partial charge in [-0.25, -0.2) is 4.79 Å². The molecule has 1 amide bonds. The van der Waals surface area contributed by atoms with Crippen molar-refractivity contribution in [2.75, 3.05) is 6.61 Å². The van der Waals surface area contributed by atoms with Gasteiger partial charge in [0, 0.05) is 5.56 Å². The molecule has 1 atom stereocenters. The van der Waals surface area contributed by atoms with Gasteiger partial charge in [-0.2, -0.15) is 0 Å². The van der Waals surface area contributed by atoms with E-state index in [0.29, 0.717) is 5.56 Å². The Morgan fingerprint density at radius 2 is 1.82 bits per heavy atom. The highest BCUT2D eigenvalue weighted by Gasteiger charge is 2.48. The molecule has 22 heavy (non-hydrogen) atoms. The third-order valence-electron chi connectivity index (χ3n) is 3.44. The Morgan fingerprint density at radius 1 is 1.23 bits per heavy atom. The molecule has 1 aromatic carbocycles. The van der Waals surface area contributed by atoms with E-state index in [1.165, 1.54) is 4.90 Å². The summed E-state index contributed by atoms with van der Waals surface area (Å²) >= 11 is 0. The first-order valence-electron chi connectivity index (χ1n) is 7.37. The number of carbonyl (C=O) groups excluding carboxylic acids is 2. The number of hydrogen-bond acceptors (Lipinski definition) is 4. The minimum Gasteiger partial charge on any atom is -0.444 e. The molecule has 1 saturated heterocycles. The molecule has 1 aliphatic heterocycles. The van der Waals surface area contributed by atoms with Crippen LogP contribution >= 0.6 is 0 Å². The van der Waals surface area contributed by atoms with Gasteiger partial charge in [-0.15, -0.1) is 0 Å². The quantitative estimate of drug-likeness (QED) is 0.787. The molecule has 5 heteroatoms. The molecule has 0 aromatic heterocycles. The second-order valence-electron chi connectivity index (χ2n) is 6.85. The molecule has 120 valence electrons. The Balaban J connectivity index is 2.27. The number of ketones is 1. The molecule has 0 bridgehead atoms. The van der Waals surface area contributed by atoms with Gasteiger partial charge >= 0.3 is 6.09 Å². The van der Waals surface area contributed by atoms with Crippen LogP contribution < -0.4 is 0 Å². The first kappa shape index (κ1) is 16.5. The Bertz CT molecular complexity index is 560. The van der Waals surface area contributed by atoms with Crippen molar-refractivity contribution >= 4 is 11.9 Å². The number of carbonyl (C=O) groups is 2. The lowest BCUT2D eigenvalue weighted by atomic mass is 10.0. The van der Waals surface area contributed by atoms with E-state index in [2.05, 4.69) is 0 Å². The number of ether oxygens (including phenoxy) is 2. The highest BCUT2D eigenvalue weighted by Crippen LogP contribution is 2.31. The number of rotatable bonds is 2. The monoisotopic (exact) mass is 305 g/mol. The van der Waals surface area contributed by atoms with E-state index in [4.69, 9.17) is 9.47 Å². The summed E-state index contributed by atoms with van der Waals surface area (Å²) in [6, 6.07) is 8.24. The van der Waals surface area contributed by atoms with E-state index < -0.39 is 23.5 Å². The fourth-order valence-electron chi connectivity index (χ4n) is 2.45. The number of hydrogen-bond donors (Lipinski definition) is 0. The molecule has 0 unspecified atom stereocenters. The van der Waals surface area contributed by atoms with Crippen LogP contribution in [0.25, 0.3) is 0 Å². The normalized spacial score (nSPS) is 20.8. The van der Waals surface area contributed by atoms with Crippen LogP contribution in [0.1, 0.15) is 45.0 Å². The molecule has 1 fully saturated rings. The van der Waals surface area contributed by atoms with Gasteiger partial charge in [0.05, 0.1) is 6.61 Å². The van der Waals surface area contributed by atoms with Crippen molar-refractivity contribution in [1.29, 1.82) is 0 Å². The summed E-state index contributed by atoms with van der Waals surface area (Å²) in [6.07, 6.45) is -0.538. The molecule has 0 spiro atoms. The molecular weight excluding hydrogens is 282 g/mol. The molecule has 0 N–H and O–H groups in total. The van der Waals surface area contributed by atoms with E-state index in [0.717, 1.165) is 0 Å². The zero-order chi connectivity index (χ0) is 16.5. The van der Waals surface area contributed by atoms with Crippen LogP contribution in [0.15, 0.2) is 30.3 Å². The lowest BCUT2D eigenvalue weighted by Gasteiger charge is -2.34. The molecule has 1 heterocycles. The van der Waals surface area contributed by atoms with Crippen molar-refractivity contribution < 1.29 is 19.1 Å². The van der Waals surface area contributed by atoms with Crippen LogP contribution in [0, 0.1) is 0 Å². The Kier molecular flexibility index (Phi) is 4.29. The van der Waals surface area contributed by atoms with Crippen LogP contribution in [0.3, 0.4) is 0 Å². The second-order valence-corrected chi connectivity index (χ2v) is 6.85. The van der Waals surface area contributed by atoms with E-state index in [-0.39, 0.29) is 12.4 Å². The molecule has 1 aromatic rings. The Hall–Kier alpha value is -1.88. The van der Waals surface area contributed by atoms with Gasteiger partial charge in [0.25, 0.3) is 0 Å². The molecule has 0 radical (unpaired) electrons. The van der Waals surface area contributed by atoms with Crippen LogP contribution in [0.2, 0.25) is 0 Å². The Morgan fingerprint density at radius 3 is 2.36 bits per heavy atom. The predicted molar refractivity (Wildman–Crippen MR) is 82.7 cm³/mol. The topological polar surface area (TPSA) is 55.8 Å². The maximum Gasteiger partial charge on any atom is 0.413 e. The van der Waals surface area contributed by atoms with Crippen molar-refractivity contribution in [2.24, 2.45) is 0 Å². The third-order valence-corrected chi connectivity index (χ3v) is 3.44. The average Bonchev–Trinajstić information content (AvgIpc) is 2.72. The minimum absolute atomic E-state index is 0.142. The first-order valence-corrected chi connectivity index (χ1v) is 7.37. The molecule has 1 aliphatic rings. The summed E-state index contributed by atoms with van der Waals surface area (Å²) in [5.41, 5.74) is -0.949. The van der Waals surface area contributed by atoms with Crippen molar-refractivity contribution in [3.8, 4) is 0 Å². The zero-order valence-electron chi connectivity index (χ0n) is 13.8. The lowest BCUT2D eigenvalue weighted by Crippen LogP contribution is -2.52. The summed E-state index contributed by atoms with van der Waals surface area (Å²) in [5.74, 6) is -0.142. The van der Waals surface area contributed by atoms with Crippen molar-refractivity contribution in [3.05, 3.63) is 35.9 Å². The summed E-state index contributed by atoms with van der Waals surface area (Å²) in [5, 5.41) is 0. The van der Waals surface area contributed by atoms with Gasteiger partial charge in [0.1, 0.15) is 17.4 Å². The van der Waals surface area contributed by atoms with E-state index in [1.54, 1.807) is 58.9 Å². The van der Waals surface area contributed by atoms with Crippen molar-refractivity contribution in [3.63, 3.8) is 0 Å². The van der Waals surface area contributed by atoms with Gasteiger partial charge in [-0.05, 0) is 34.6 Å². The highest BCUT2D eigenvalue weighted by molar-refractivity contribution is 6.02. The molecule has 0 aliphatic carbocycles. The first-order chi connectivity index (χ1) is 10.1. The second kappa shape index (κ2) is 5.72. The smallest absolute Gasteiger partial charge is 0.413 e. The van der Waals surface area contributed by atoms with Gasteiger partial charge in [0.2, 0.25) is 0 Å². The zero-order valence-corrected chi connectivity index (χ0v) is 13.8. The van der Waals surface area contributed by atoms with Gasteiger partial charge < -0.3 is 9.47 Å². The fraction of sp³-hybridized carbons (Fsp3) is 0.529. The summed E-state index contributed by atoms with van der Waals surface area (Å²) in [6.45, 7) is 9.07. The maximum absolute atomic E-state index is 12.7. The number of amides is 1. The van der Waals surface area contributed by atoms with E-state index in [9.17, 15) is 9.59 Å².